The molecule has 7 nitrogen and oxygen atoms in total. The van der Waals surface area contributed by atoms with Gasteiger partial charge in [-0.15, -0.1) is 0 Å². The van der Waals surface area contributed by atoms with Crippen LogP contribution >= 0.6 is 0 Å². The molecule has 1 aromatic carbocycles. The maximum Gasteiger partial charge on any atom is 0.124 e. The van der Waals surface area contributed by atoms with Crippen LogP contribution in [0.2, 0.25) is 0 Å². The largest absolute Gasteiger partial charge is 0.348 e. The normalized spacial score (nSPS) is 16.0. The van der Waals surface area contributed by atoms with Crippen molar-refractivity contribution in [1.29, 1.82) is 0 Å². The van der Waals surface area contributed by atoms with Gasteiger partial charge in [-0.3, -0.25) is 9.88 Å². The van der Waals surface area contributed by atoms with Crippen molar-refractivity contribution < 1.29 is 0 Å². The summed E-state index contributed by atoms with van der Waals surface area (Å²) >= 11 is 0. The third-order valence-electron chi connectivity index (χ3n) is 6.40. The molecule has 7 heteroatoms. The molecule has 5 rings (SSSR count). The van der Waals surface area contributed by atoms with Gasteiger partial charge in [0.05, 0.1) is 35.9 Å². The van der Waals surface area contributed by atoms with Crippen LogP contribution in [-0.2, 0) is 26.1 Å². The maximum atomic E-state index is 5.01. The summed E-state index contributed by atoms with van der Waals surface area (Å²) in [6, 6.07) is 13.1. The number of benzene rings is 1. The lowest BCUT2D eigenvalue weighted by molar-refractivity contribution is 0.201. The topological polar surface area (TPSA) is 74.7 Å². The van der Waals surface area contributed by atoms with E-state index in [1.807, 2.05) is 12.4 Å². The van der Waals surface area contributed by atoms with Crippen LogP contribution in [-0.4, -0.2) is 43.0 Å². The maximum absolute atomic E-state index is 5.01. The second-order valence-corrected chi connectivity index (χ2v) is 8.61. The van der Waals surface area contributed by atoms with Crippen LogP contribution < -0.4 is 5.32 Å². The SMILES string of the molecule is CN(Cc1nc2ccccc2n1CCCNCc1ncc[nH]1)C1CCCc2cccnc21. The Balaban J connectivity index is 1.29. The molecule has 166 valence electrons. The standard InChI is InChI=1S/C25H31N7/c1-31(22-11-4-7-19-8-5-13-29-25(19)22)18-24-30-20-9-2-3-10-21(20)32(24)16-6-12-26-17-23-27-14-15-28-23/h2-3,5,8-10,13-15,22,26H,4,6-7,11-12,16-18H2,1H3,(H,27,28). The van der Waals surface area contributed by atoms with Gasteiger partial charge in [0.2, 0.25) is 0 Å². The molecular formula is C25H31N7. The number of pyridine rings is 1. The average Bonchev–Trinajstić information content (AvgIpc) is 3.46. The number of nitrogens with zero attached hydrogens (tertiary/aromatic N) is 5. The molecule has 0 radical (unpaired) electrons. The highest BCUT2D eigenvalue weighted by atomic mass is 15.2. The van der Waals surface area contributed by atoms with E-state index >= 15 is 0 Å². The molecule has 0 bridgehead atoms. The van der Waals surface area contributed by atoms with Gasteiger partial charge in [0.1, 0.15) is 11.6 Å². The summed E-state index contributed by atoms with van der Waals surface area (Å²) in [5.74, 6) is 2.10. The second kappa shape index (κ2) is 9.63. The summed E-state index contributed by atoms with van der Waals surface area (Å²) in [6.07, 6.45) is 10.1. The van der Waals surface area contributed by atoms with Crippen LogP contribution in [0, 0.1) is 0 Å². The van der Waals surface area contributed by atoms with Gasteiger partial charge in [-0.2, -0.15) is 0 Å². The Morgan fingerprint density at radius 3 is 3.00 bits per heavy atom. The van der Waals surface area contributed by atoms with Crippen LogP contribution in [0.4, 0.5) is 0 Å². The number of aryl methyl sites for hydroxylation is 2. The highest BCUT2D eigenvalue weighted by Crippen LogP contribution is 2.33. The van der Waals surface area contributed by atoms with Gasteiger partial charge in [-0.25, -0.2) is 9.97 Å². The molecular weight excluding hydrogens is 398 g/mol. The molecule has 4 aromatic rings. The van der Waals surface area contributed by atoms with E-state index < -0.39 is 0 Å². The average molecular weight is 430 g/mol. The smallest absolute Gasteiger partial charge is 0.124 e. The highest BCUT2D eigenvalue weighted by Gasteiger charge is 2.26. The fourth-order valence-corrected chi connectivity index (χ4v) is 4.81. The third-order valence-corrected chi connectivity index (χ3v) is 6.40. The first-order valence-corrected chi connectivity index (χ1v) is 11.6. The zero-order chi connectivity index (χ0) is 21.8. The van der Waals surface area contributed by atoms with Gasteiger partial charge in [-0.1, -0.05) is 18.2 Å². The molecule has 3 heterocycles. The predicted octanol–water partition coefficient (Wildman–Crippen LogP) is 3.84. The fourth-order valence-electron chi connectivity index (χ4n) is 4.81. The molecule has 0 spiro atoms. The summed E-state index contributed by atoms with van der Waals surface area (Å²) in [5, 5.41) is 3.48. The predicted molar refractivity (Wildman–Crippen MR) is 126 cm³/mol. The van der Waals surface area contributed by atoms with Crippen LogP contribution in [0.5, 0.6) is 0 Å². The van der Waals surface area contributed by atoms with Gasteiger partial charge in [0.15, 0.2) is 0 Å². The zero-order valence-corrected chi connectivity index (χ0v) is 18.7. The van der Waals surface area contributed by atoms with Gasteiger partial charge >= 0.3 is 0 Å². The molecule has 0 amide bonds. The molecule has 0 saturated carbocycles. The Bertz CT molecular complexity index is 1150. The van der Waals surface area contributed by atoms with Crippen molar-refractivity contribution in [3.8, 4) is 0 Å². The number of imidazole rings is 2. The molecule has 0 fully saturated rings. The first-order chi connectivity index (χ1) is 15.8. The number of hydrogen-bond donors (Lipinski definition) is 2. The van der Waals surface area contributed by atoms with Gasteiger partial charge < -0.3 is 14.9 Å². The Morgan fingerprint density at radius 1 is 1.16 bits per heavy atom. The van der Waals surface area contributed by atoms with E-state index in [0.717, 1.165) is 62.6 Å². The molecule has 0 saturated heterocycles. The van der Waals surface area contributed by atoms with Crippen LogP contribution in [0.25, 0.3) is 11.0 Å². The Hall–Kier alpha value is -3.03. The van der Waals surface area contributed by atoms with Crippen molar-refractivity contribution in [2.24, 2.45) is 0 Å². The van der Waals surface area contributed by atoms with Gasteiger partial charge in [-0.05, 0) is 63.0 Å². The molecule has 1 unspecified atom stereocenters. The molecule has 0 aliphatic heterocycles. The quantitative estimate of drug-likeness (QED) is 0.396. The lowest BCUT2D eigenvalue weighted by Gasteiger charge is -2.32. The number of H-pyrrole nitrogens is 1. The van der Waals surface area contributed by atoms with Crippen LogP contribution in [0.1, 0.15) is 48.2 Å². The van der Waals surface area contributed by atoms with Crippen molar-refractivity contribution in [2.75, 3.05) is 13.6 Å². The fraction of sp³-hybridized carbons (Fsp3) is 0.400. The summed E-state index contributed by atoms with van der Waals surface area (Å²) in [4.78, 5) is 19.6. The van der Waals surface area contributed by atoms with E-state index in [-0.39, 0.29) is 0 Å². The first kappa shape index (κ1) is 20.8. The number of nitrogens with one attached hydrogen (secondary N) is 2. The number of fused-ring (bicyclic) bond motifs is 2. The van der Waals surface area contributed by atoms with Crippen LogP contribution in [0.15, 0.2) is 55.0 Å². The third kappa shape index (κ3) is 4.45. The van der Waals surface area contributed by atoms with E-state index in [4.69, 9.17) is 9.97 Å². The lowest BCUT2D eigenvalue weighted by atomic mass is 9.91. The summed E-state index contributed by atoms with van der Waals surface area (Å²) in [7, 11) is 2.21. The number of aromatic amines is 1. The number of hydrogen-bond acceptors (Lipinski definition) is 5. The second-order valence-electron chi connectivity index (χ2n) is 8.61. The van der Waals surface area contributed by atoms with E-state index in [9.17, 15) is 0 Å². The minimum atomic E-state index is 0.350. The van der Waals surface area contributed by atoms with E-state index in [1.165, 1.54) is 23.2 Å². The number of rotatable bonds is 9. The zero-order valence-electron chi connectivity index (χ0n) is 18.7. The summed E-state index contributed by atoms with van der Waals surface area (Å²) < 4.78 is 2.39. The lowest BCUT2D eigenvalue weighted by Crippen LogP contribution is -2.29. The molecule has 1 atom stereocenters. The van der Waals surface area contributed by atoms with Crippen molar-refractivity contribution in [3.05, 3.63) is 77.9 Å². The summed E-state index contributed by atoms with van der Waals surface area (Å²) in [5.41, 5.74) is 4.92. The Morgan fingerprint density at radius 2 is 2.09 bits per heavy atom. The first-order valence-electron chi connectivity index (χ1n) is 11.6. The minimum absolute atomic E-state index is 0.350. The van der Waals surface area contributed by atoms with E-state index in [0.29, 0.717) is 6.04 Å². The van der Waals surface area contributed by atoms with Crippen LogP contribution in [0.3, 0.4) is 0 Å². The number of aromatic nitrogens is 5. The van der Waals surface area contributed by atoms with Crippen molar-refractivity contribution in [3.63, 3.8) is 0 Å². The van der Waals surface area contributed by atoms with Gasteiger partial charge in [0.25, 0.3) is 0 Å². The molecule has 1 aliphatic carbocycles. The molecule has 1 aliphatic rings. The summed E-state index contributed by atoms with van der Waals surface area (Å²) in [6.45, 7) is 3.45. The molecule has 2 N–H and O–H groups in total. The van der Waals surface area contributed by atoms with Gasteiger partial charge in [0, 0.05) is 25.1 Å². The molecule has 3 aromatic heterocycles. The van der Waals surface area contributed by atoms with Crippen molar-refractivity contribution in [1.82, 2.24) is 34.7 Å². The number of para-hydroxylation sites is 2. The monoisotopic (exact) mass is 429 g/mol. The van der Waals surface area contributed by atoms with Crippen molar-refractivity contribution >= 4 is 11.0 Å². The van der Waals surface area contributed by atoms with Crippen molar-refractivity contribution in [2.45, 2.75) is 51.4 Å². The Labute approximate surface area is 188 Å². The van der Waals surface area contributed by atoms with E-state index in [2.05, 4.69) is 68.2 Å². The highest BCUT2D eigenvalue weighted by molar-refractivity contribution is 5.75. The Kier molecular flexibility index (Phi) is 6.27. The van der Waals surface area contributed by atoms with E-state index in [1.54, 1.807) is 6.20 Å². The molecule has 32 heavy (non-hydrogen) atoms. The minimum Gasteiger partial charge on any atom is -0.348 e.